The second kappa shape index (κ2) is 7.03. The van der Waals surface area contributed by atoms with E-state index in [1.54, 1.807) is 25.2 Å². The van der Waals surface area contributed by atoms with E-state index in [9.17, 15) is 8.42 Å². The van der Waals surface area contributed by atoms with Crippen LogP contribution in [-0.2, 0) is 14.8 Å². The van der Waals surface area contributed by atoms with E-state index in [2.05, 4.69) is 16.1 Å². The van der Waals surface area contributed by atoms with Crippen LogP contribution >= 0.6 is 11.3 Å². The summed E-state index contributed by atoms with van der Waals surface area (Å²) in [6, 6.07) is 9.98. The third-order valence-corrected chi connectivity index (χ3v) is 7.02. The zero-order chi connectivity index (χ0) is 17.1. The Morgan fingerprint density at radius 2 is 1.96 bits per heavy atom. The average molecular weight is 353 g/mol. The maximum Gasteiger partial charge on any atom is 0.221 e. The van der Waals surface area contributed by atoms with Crippen molar-refractivity contribution in [3.8, 4) is 10.4 Å². The first kappa shape index (κ1) is 18.0. The van der Waals surface area contributed by atoms with E-state index < -0.39 is 14.8 Å². The average Bonchev–Trinajstić information content (AvgIpc) is 3.06. The quantitative estimate of drug-likeness (QED) is 0.791. The van der Waals surface area contributed by atoms with Crippen LogP contribution in [0.3, 0.4) is 0 Å². The maximum atomic E-state index is 12.7. The van der Waals surface area contributed by atoms with E-state index >= 15 is 0 Å². The van der Waals surface area contributed by atoms with Gasteiger partial charge in [0.25, 0.3) is 0 Å². The molecule has 2 rings (SSSR count). The molecule has 23 heavy (non-hydrogen) atoms. The van der Waals surface area contributed by atoms with E-state index in [4.69, 9.17) is 0 Å². The van der Waals surface area contributed by atoms with Crippen LogP contribution in [0.5, 0.6) is 0 Å². The molecule has 6 heteroatoms. The Hall–Kier alpha value is -1.37. The minimum absolute atomic E-state index is 0.452. The van der Waals surface area contributed by atoms with Crippen LogP contribution in [0.4, 0.5) is 5.69 Å². The van der Waals surface area contributed by atoms with Crippen molar-refractivity contribution >= 4 is 27.0 Å². The largest absolute Gasteiger partial charge is 0.388 e. The summed E-state index contributed by atoms with van der Waals surface area (Å²) in [4.78, 5) is 1.16. The number of anilines is 1. The van der Waals surface area contributed by atoms with Gasteiger partial charge < -0.3 is 5.32 Å². The minimum atomic E-state index is -3.46. The Morgan fingerprint density at radius 1 is 1.22 bits per heavy atom. The lowest BCUT2D eigenvalue weighted by Gasteiger charge is -2.28. The standard InChI is InChI=1S/C17H24N2O2S2/c1-5-10-19-23(20,21)17(2,3)14-9-8-13(12-15(14)18-4)16-7-6-11-22-16/h6-9,11-12,18-19H,5,10H2,1-4H3. The van der Waals surface area contributed by atoms with Crippen LogP contribution in [0.2, 0.25) is 0 Å². The molecule has 2 N–H and O–H groups in total. The Morgan fingerprint density at radius 3 is 2.52 bits per heavy atom. The molecular weight excluding hydrogens is 328 g/mol. The summed E-state index contributed by atoms with van der Waals surface area (Å²) in [5.41, 5.74) is 2.69. The number of hydrogen-bond acceptors (Lipinski definition) is 4. The fraction of sp³-hybridized carbons (Fsp3) is 0.412. The first-order valence-corrected chi connectivity index (χ1v) is 10.0. The molecule has 1 aromatic carbocycles. The van der Waals surface area contributed by atoms with Gasteiger partial charge in [-0.1, -0.05) is 25.1 Å². The maximum absolute atomic E-state index is 12.7. The predicted molar refractivity (Wildman–Crippen MR) is 99.5 cm³/mol. The molecule has 1 heterocycles. The van der Waals surface area contributed by atoms with Crippen molar-refractivity contribution < 1.29 is 8.42 Å². The topological polar surface area (TPSA) is 58.2 Å². The van der Waals surface area contributed by atoms with Gasteiger partial charge in [0, 0.05) is 24.2 Å². The summed E-state index contributed by atoms with van der Waals surface area (Å²) in [6.45, 7) is 5.89. The van der Waals surface area contributed by atoms with Crippen LogP contribution in [0.15, 0.2) is 35.7 Å². The zero-order valence-corrected chi connectivity index (χ0v) is 15.6. The summed E-state index contributed by atoms with van der Waals surface area (Å²) >= 11 is 1.67. The summed E-state index contributed by atoms with van der Waals surface area (Å²) in [5, 5.41) is 5.18. The number of nitrogens with one attached hydrogen (secondary N) is 2. The lowest BCUT2D eigenvalue weighted by molar-refractivity contribution is 0.539. The first-order valence-electron chi connectivity index (χ1n) is 7.69. The molecule has 0 aliphatic rings. The minimum Gasteiger partial charge on any atom is -0.388 e. The molecule has 0 amide bonds. The van der Waals surface area contributed by atoms with Crippen molar-refractivity contribution in [3.05, 3.63) is 41.3 Å². The van der Waals surface area contributed by atoms with Gasteiger partial charge in [-0.15, -0.1) is 11.3 Å². The lowest BCUT2D eigenvalue weighted by Crippen LogP contribution is -2.40. The predicted octanol–water partition coefficient (Wildman–Crippen LogP) is 4.02. The molecule has 0 saturated heterocycles. The van der Waals surface area contributed by atoms with Crippen molar-refractivity contribution in [2.75, 3.05) is 18.9 Å². The molecule has 0 atom stereocenters. The monoisotopic (exact) mass is 352 g/mol. The highest BCUT2D eigenvalue weighted by Crippen LogP contribution is 2.37. The number of hydrogen-bond donors (Lipinski definition) is 2. The first-order chi connectivity index (χ1) is 10.8. The highest BCUT2D eigenvalue weighted by molar-refractivity contribution is 7.90. The molecule has 0 saturated carbocycles. The van der Waals surface area contributed by atoms with E-state index in [1.807, 2.05) is 43.6 Å². The van der Waals surface area contributed by atoms with Gasteiger partial charge in [0.05, 0.1) is 0 Å². The molecule has 0 aliphatic heterocycles. The Bertz CT molecular complexity index is 751. The van der Waals surface area contributed by atoms with Crippen molar-refractivity contribution in [2.45, 2.75) is 31.9 Å². The fourth-order valence-corrected chi connectivity index (χ4v) is 4.46. The second-order valence-electron chi connectivity index (χ2n) is 5.90. The molecule has 0 fully saturated rings. The van der Waals surface area contributed by atoms with Crippen LogP contribution in [0.25, 0.3) is 10.4 Å². The normalized spacial score (nSPS) is 12.3. The van der Waals surface area contributed by atoms with Crippen molar-refractivity contribution in [1.29, 1.82) is 0 Å². The Kier molecular flexibility index (Phi) is 5.49. The Balaban J connectivity index is 2.46. The third-order valence-electron chi connectivity index (χ3n) is 3.96. The van der Waals surface area contributed by atoms with Crippen LogP contribution in [0.1, 0.15) is 32.8 Å². The molecule has 4 nitrogen and oxygen atoms in total. The van der Waals surface area contributed by atoms with Gasteiger partial charge in [0.1, 0.15) is 4.75 Å². The summed E-state index contributed by atoms with van der Waals surface area (Å²) < 4.78 is 27.0. The smallest absolute Gasteiger partial charge is 0.221 e. The molecule has 2 aromatic rings. The highest BCUT2D eigenvalue weighted by atomic mass is 32.2. The molecule has 0 aliphatic carbocycles. The van der Waals surface area contributed by atoms with Crippen LogP contribution in [0, 0.1) is 0 Å². The van der Waals surface area contributed by atoms with Gasteiger partial charge in [-0.25, -0.2) is 13.1 Å². The number of sulfonamides is 1. The van der Waals surface area contributed by atoms with Gasteiger partial charge in [-0.05, 0) is 48.9 Å². The van der Waals surface area contributed by atoms with Gasteiger partial charge in [-0.3, -0.25) is 0 Å². The van der Waals surface area contributed by atoms with E-state index in [-0.39, 0.29) is 0 Å². The molecular formula is C17H24N2O2S2. The molecule has 0 bridgehead atoms. The van der Waals surface area contributed by atoms with Gasteiger partial charge in [0.2, 0.25) is 10.0 Å². The molecule has 0 spiro atoms. The summed E-state index contributed by atoms with van der Waals surface area (Å²) in [6.07, 6.45) is 0.769. The van der Waals surface area contributed by atoms with E-state index in [0.717, 1.165) is 28.1 Å². The van der Waals surface area contributed by atoms with E-state index in [1.165, 1.54) is 0 Å². The number of rotatable bonds is 7. The summed E-state index contributed by atoms with van der Waals surface area (Å²) in [7, 11) is -1.64. The Labute approximate surface area is 143 Å². The lowest BCUT2D eigenvalue weighted by atomic mass is 9.98. The van der Waals surface area contributed by atoms with Crippen LogP contribution in [-0.4, -0.2) is 22.0 Å². The van der Waals surface area contributed by atoms with Crippen molar-refractivity contribution in [3.63, 3.8) is 0 Å². The second-order valence-corrected chi connectivity index (χ2v) is 9.16. The highest BCUT2D eigenvalue weighted by Gasteiger charge is 2.37. The molecule has 1 aromatic heterocycles. The molecule has 0 radical (unpaired) electrons. The van der Waals surface area contributed by atoms with Crippen molar-refractivity contribution in [1.82, 2.24) is 4.72 Å². The summed E-state index contributed by atoms with van der Waals surface area (Å²) in [5.74, 6) is 0. The van der Waals surface area contributed by atoms with Gasteiger partial charge in [-0.2, -0.15) is 0 Å². The SMILES string of the molecule is CCCNS(=O)(=O)C(C)(C)c1ccc(-c2cccs2)cc1NC. The number of thiophene rings is 1. The van der Waals surface area contributed by atoms with Crippen molar-refractivity contribution in [2.24, 2.45) is 0 Å². The van der Waals surface area contributed by atoms with Gasteiger partial charge >= 0.3 is 0 Å². The number of benzene rings is 1. The zero-order valence-electron chi connectivity index (χ0n) is 14.0. The molecule has 0 unspecified atom stereocenters. The molecule has 126 valence electrons. The van der Waals surface area contributed by atoms with Gasteiger partial charge in [0.15, 0.2) is 0 Å². The van der Waals surface area contributed by atoms with E-state index in [0.29, 0.717) is 6.54 Å². The van der Waals surface area contributed by atoms with Crippen LogP contribution < -0.4 is 10.0 Å². The fourth-order valence-electron chi connectivity index (χ4n) is 2.43. The third kappa shape index (κ3) is 3.59.